The van der Waals surface area contributed by atoms with E-state index in [4.69, 9.17) is 0 Å². The van der Waals surface area contributed by atoms with Gasteiger partial charge in [-0.15, -0.1) is 0 Å². The van der Waals surface area contributed by atoms with Gasteiger partial charge < -0.3 is 5.11 Å². The third-order valence-electron chi connectivity index (χ3n) is 3.46. The first-order chi connectivity index (χ1) is 7.69. The average Bonchev–Trinajstić information content (AvgIpc) is 2.67. The van der Waals surface area contributed by atoms with Crippen LogP contribution in [0.5, 0.6) is 0 Å². The van der Waals surface area contributed by atoms with E-state index in [1.165, 1.54) is 0 Å². The topological polar surface area (TPSA) is 41.3 Å². The maximum absolute atomic E-state index is 9.81. The van der Waals surface area contributed by atoms with Crippen LogP contribution in [0.1, 0.15) is 25.5 Å². The molecule has 16 heavy (non-hydrogen) atoms. The van der Waals surface area contributed by atoms with Gasteiger partial charge in [-0.2, -0.15) is 5.10 Å². The van der Waals surface area contributed by atoms with E-state index in [9.17, 15) is 5.11 Å². The third-order valence-corrected chi connectivity index (χ3v) is 3.46. The Hall–Kier alpha value is -0.870. The average molecular weight is 223 g/mol. The van der Waals surface area contributed by atoms with Crippen LogP contribution >= 0.6 is 0 Å². The number of aliphatic hydroxyl groups is 1. The van der Waals surface area contributed by atoms with Crippen LogP contribution in [0.15, 0.2) is 12.3 Å². The number of likely N-dealkylation sites (tertiary alicyclic amines) is 1. The second kappa shape index (κ2) is 4.97. The van der Waals surface area contributed by atoms with Crippen LogP contribution in [0.4, 0.5) is 0 Å². The summed E-state index contributed by atoms with van der Waals surface area (Å²) in [5, 5.41) is 14.2. The lowest BCUT2D eigenvalue weighted by Gasteiger charge is -2.35. The second-order valence-corrected chi connectivity index (χ2v) is 4.74. The van der Waals surface area contributed by atoms with Gasteiger partial charge in [0.05, 0.1) is 11.8 Å². The first-order valence-corrected chi connectivity index (χ1v) is 6.08. The summed E-state index contributed by atoms with van der Waals surface area (Å²) in [4.78, 5) is 2.39. The van der Waals surface area contributed by atoms with Gasteiger partial charge in [-0.05, 0) is 24.8 Å². The number of rotatable bonds is 3. The van der Waals surface area contributed by atoms with E-state index in [1.54, 1.807) is 0 Å². The molecule has 1 aliphatic heterocycles. The van der Waals surface area contributed by atoms with Crippen molar-refractivity contribution in [2.45, 2.75) is 32.4 Å². The molecule has 1 saturated heterocycles. The number of hydrogen-bond acceptors (Lipinski definition) is 3. The SMILES string of the molecule is CCC1CN(Cc2ccn(C)n2)CCC1O. The van der Waals surface area contributed by atoms with Gasteiger partial charge >= 0.3 is 0 Å². The molecule has 0 aromatic carbocycles. The zero-order valence-corrected chi connectivity index (χ0v) is 10.1. The van der Waals surface area contributed by atoms with E-state index in [0.717, 1.165) is 38.2 Å². The molecule has 4 heteroatoms. The predicted octanol–water partition coefficient (Wildman–Crippen LogP) is 1.01. The van der Waals surface area contributed by atoms with Gasteiger partial charge in [0.25, 0.3) is 0 Å². The first-order valence-electron chi connectivity index (χ1n) is 6.08. The van der Waals surface area contributed by atoms with Crippen molar-refractivity contribution in [1.82, 2.24) is 14.7 Å². The Morgan fingerprint density at radius 3 is 3.00 bits per heavy atom. The van der Waals surface area contributed by atoms with Crippen molar-refractivity contribution in [1.29, 1.82) is 0 Å². The molecule has 90 valence electrons. The molecule has 2 atom stereocenters. The molecule has 0 spiro atoms. The predicted molar refractivity (Wildman–Crippen MR) is 62.9 cm³/mol. The quantitative estimate of drug-likeness (QED) is 0.831. The molecule has 4 nitrogen and oxygen atoms in total. The molecular weight excluding hydrogens is 202 g/mol. The number of aryl methyl sites for hydroxylation is 1. The van der Waals surface area contributed by atoms with Gasteiger partial charge in [-0.25, -0.2) is 0 Å². The summed E-state index contributed by atoms with van der Waals surface area (Å²) in [5.74, 6) is 0.428. The minimum Gasteiger partial charge on any atom is -0.393 e. The molecule has 2 rings (SSSR count). The number of hydrogen-bond donors (Lipinski definition) is 1. The highest BCUT2D eigenvalue weighted by Crippen LogP contribution is 2.21. The van der Waals surface area contributed by atoms with Crippen molar-refractivity contribution < 1.29 is 5.11 Å². The Balaban J connectivity index is 1.91. The highest BCUT2D eigenvalue weighted by atomic mass is 16.3. The standard InChI is InChI=1S/C12H21N3O/c1-3-10-8-15(7-5-12(10)16)9-11-4-6-14(2)13-11/h4,6,10,12,16H,3,5,7-9H2,1-2H3. The molecule has 1 fully saturated rings. The molecule has 1 aromatic rings. The van der Waals surface area contributed by atoms with Crippen LogP contribution in [0.3, 0.4) is 0 Å². The summed E-state index contributed by atoms with van der Waals surface area (Å²) < 4.78 is 1.84. The summed E-state index contributed by atoms with van der Waals surface area (Å²) in [7, 11) is 1.94. The zero-order valence-electron chi connectivity index (χ0n) is 10.1. The summed E-state index contributed by atoms with van der Waals surface area (Å²) in [6.45, 7) is 5.03. The van der Waals surface area contributed by atoms with Crippen LogP contribution in [-0.4, -0.2) is 39.0 Å². The highest BCUT2D eigenvalue weighted by Gasteiger charge is 2.26. The van der Waals surface area contributed by atoms with Crippen LogP contribution < -0.4 is 0 Å². The Kier molecular flexibility index (Phi) is 3.61. The summed E-state index contributed by atoms with van der Waals surface area (Å²) in [6, 6.07) is 2.06. The van der Waals surface area contributed by atoms with Gasteiger partial charge in [0.2, 0.25) is 0 Å². The highest BCUT2D eigenvalue weighted by molar-refractivity contribution is 4.99. The maximum atomic E-state index is 9.81. The van der Waals surface area contributed by atoms with Gasteiger partial charge in [0.1, 0.15) is 0 Å². The van der Waals surface area contributed by atoms with E-state index in [2.05, 4.69) is 23.0 Å². The lowest BCUT2D eigenvalue weighted by atomic mass is 9.92. The van der Waals surface area contributed by atoms with E-state index in [1.807, 2.05) is 17.9 Å². The summed E-state index contributed by atoms with van der Waals surface area (Å²) >= 11 is 0. The van der Waals surface area contributed by atoms with Crippen molar-refractivity contribution in [3.63, 3.8) is 0 Å². The minimum absolute atomic E-state index is 0.106. The molecule has 1 aliphatic rings. The normalized spacial score (nSPS) is 27.2. The Morgan fingerprint density at radius 1 is 1.56 bits per heavy atom. The first kappa shape index (κ1) is 11.6. The fourth-order valence-corrected chi connectivity index (χ4v) is 2.42. The van der Waals surface area contributed by atoms with E-state index in [-0.39, 0.29) is 6.10 Å². The Bertz CT molecular complexity index is 337. The van der Waals surface area contributed by atoms with E-state index < -0.39 is 0 Å². The zero-order chi connectivity index (χ0) is 11.5. The fourth-order valence-electron chi connectivity index (χ4n) is 2.42. The molecule has 0 radical (unpaired) electrons. The lowest BCUT2D eigenvalue weighted by molar-refractivity contribution is 0.0217. The third kappa shape index (κ3) is 2.62. The molecule has 0 bridgehead atoms. The van der Waals surface area contributed by atoms with Crippen molar-refractivity contribution in [3.05, 3.63) is 18.0 Å². The van der Waals surface area contributed by atoms with Crippen LogP contribution in [0.2, 0.25) is 0 Å². The molecular formula is C12H21N3O. The van der Waals surface area contributed by atoms with Crippen molar-refractivity contribution >= 4 is 0 Å². The van der Waals surface area contributed by atoms with Gasteiger partial charge in [-0.3, -0.25) is 9.58 Å². The molecule has 1 aromatic heterocycles. The van der Waals surface area contributed by atoms with Crippen LogP contribution in [0, 0.1) is 5.92 Å². The smallest absolute Gasteiger partial charge is 0.0764 e. The van der Waals surface area contributed by atoms with E-state index >= 15 is 0 Å². The maximum Gasteiger partial charge on any atom is 0.0764 e. The number of nitrogens with zero attached hydrogens (tertiary/aromatic N) is 3. The fraction of sp³-hybridized carbons (Fsp3) is 0.750. The van der Waals surface area contributed by atoms with Crippen LogP contribution in [-0.2, 0) is 13.6 Å². The number of aromatic nitrogens is 2. The minimum atomic E-state index is -0.106. The second-order valence-electron chi connectivity index (χ2n) is 4.74. The lowest BCUT2D eigenvalue weighted by Crippen LogP contribution is -2.42. The molecule has 0 amide bonds. The molecule has 2 heterocycles. The molecule has 2 unspecified atom stereocenters. The van der Waals surface area contributed by atoms with E-state index in [0.29, 0.717) is 5.92 Å². The van der Waals surface area contributed by atoms with Gasteiger partial charge in [0.15, 0.2) is 0 Å². The van der Waals surface area contributed by atoms with Gasteiger partial charge in [-0.1, -0.05) is 6.92 Å². The monoisotopic (exact) mass is 223 g/mol. The van der Waals surface area contributed by atoms with Gasteiger partial charge in [0, 0.05) is 32.9 Å². The number of piperidine rings is 1. The summed E-state index contributed by atoms with van der Waals surface area (Å²) in [6.07, 6.45) is 3.82. The van der Waals surface area contributed by atoms with Crippen molar-refractivity contribution in [2.24, 2.45) is 13.0 Å². The molecule has 0 aliphatic carbocycles. The number of aliphatic hydroxyl groups excluding tert-OH is 1. The van der Waals surface area contributed by atoms with Crippen LogP contribution in [0.25, 0.3) is 0 Å². The van der Waals surface area contributed by atoms with Crippen molar-refractivity contribution in [3.8, 4) is 0 Å². The largest absolute Gasteiger partial charge is 0.393 e. The molecule has 1 N–H and O–H groups in total. The Morgan fingerprint density at radius 2 is 2.38 bits per heavy atom. The van der Waals surface area contributed by atoms with Crippen molar-refractivity contribution in [2.75, 3.05) is 13.1 Å². The molecule has 0 saturated carbocycles. The Labute approximate surface area is 96.9 Å². The summed E-state index contributed by atoms with van der Waals surface area (Å²) in [5.41, 5.74) is 1.12.